The largest absolute Gasteiger partial charge is 0.481 e. The molecule has 1 aromatic heterocycles. The van der Waals surface area contributed by atoms with Crippen molar-refractivity contribution >= 4 is 17.6 Å². The van der Waals surface area contributed by atoms with E-state index in [9.17, 15) is 14.0 Å². The van der Waals surface area contributed by atoms with Gasteiger partial charge in [-0.1, -0.05) is 6.07 Å². The van der Waals surface area contributed by atoms with Gasteiger partial charge in [-0.2, -0.15) is 5.10 Å². The summed E-state index contributed by atoms with van der Waals surface area (Å²) < 4.78 is 15.9. The van der Waals surface area contributed by atoms with Crippen molar-refractivity contribution in [2.24, 2.45) is 0 Å². The Morgan fingerprint density at radius 2 is 2.00 bits per heavy atom. The molecule has 3 rings (SSSR count). The standard InChI is InChI=1S/C19H22FN3O3/c1-19(2,3)23-16(11-4-5-11)10-15(22-23)18(26)21-13-7-6-12(8-17(24)25)14(20)9-13/h6-7,9-11H,4-5,8H2,1-3H3,(H,21,26)(H,24,25). The van der Waals surface area contributed by atoms with Crippen molar-refractivity contribution in [1.82, 2.24) is 9.78 Å². The minimum atomic E-state index is -1.11. The van der Waals surface area contributed by atoms with E-state index in [4.69, 9.17) is 5.11 Å². The third kappa shape index (κ3) is 3.92. The van der Waals surface area contributed by atoms with Crippen LogP contribution in [0.1, 0.15) is 61.3 Å². The maximum Gasteiger partial charge on any atom is 0.307 e. The Bertz CT molecular complexity index is 863. The van der Waals surface area contributed by atoms with Crippen LogP contribution in [0.25, 0.3) is 0 Å². The monoisotopic (exact) mass is 359 g/mol. The minimum absolute atomic E-state index is 0.0727. The van der Waals surface area contributed by atoms with Crippen molar-refractivity contribution in [1.29, 1.82) is 0 Å². The second-order valence-corrected chi connectivity index (χ2v) is 7.64. The summed E-state index contributed by atoms with van der Waals surface area (Å²) >= 11 is 0. The van der Waals surface area contributed by atoms with Crippen molar-refractivity contribution < 1.29 is 19.1 Å². The third-order valence-corrected chi connectivity index (χ3v) is 4.25. The van der Waals surface area contributed by atoms with Crippen LogP contribution >= 0.6 is 0 Å². The average Bonchev–Trinajstić information content (AvgIpc) is 3.26. The number of halogens is 1. The van der Waals surface area contributed by atoms with Crippen LogP contribution in [0.4, 0.5) is 10.1 Å². The van der Waals surface area contributed by atoms with Crippen LogP contribution in [0.3, 0.4) is 0 Å². The van der Waals surface area contributed by atoms with Gasteiger partial charge < -0.3 is 10.4 Å². The maximum absolute atomic E-state index is 14.0. The Labute approximate surface area is 151 Å². The van der Waals surface area contributed by atoms with Crippen molar-refractivity contribution in [2.45, 2.75) is 51.5 Å². The molecule has 1 amide bonds. The van der Waals surface area contributed by atoms with E-state index in [0.717, 1.165) is 24.6 Å². The second-order valence-electron chi connectivity index (χ2n) is 7.64. The Morgan fingerprint density at radius 3 is 2.54 bits per heavy atom. The maximum atomic E-state index is 14.0. The fraction of sp³-hybridized carbons (Fsp3) is 0.421. The molecular formula is C19H22FN3O3. The van der Waals surface area contributed by atoms with E-state index in [1.54, 1.807) is 6.07 Å². The highest BCUT2D eigenvalue weighted by atomic mass is 19.1. The molecule has 138 valence electrons. The van der Waals surface area contributed by atoms with Gasteiger partial charge in [0.2, 0.25) is 0 Å². The number of hydrogen-bond donors (Lipinski definition) is 2. The number of anilines is 1. The quantitative estimate of drug-likeness (QED) is 0.855. The number of amides is 1. The summed E-state index contributed by atoms with van der Waals surface area (Å²) in [5.41, 5.74) is 1.44. The van der Waals surface area contributed by atoms with Gasteiger partial charge in [-0.15, -0.1) is 0 Å². The lowest BCUT2D eigenvalue weighted by molar-refractivity contribution is -0.136. The van der Waals surface area contributed by atoms with Crippen molar-refractivity contribution in [3.05, 3.63) is 47.0 Å². The lowest BCUT2D eigenvalue weighted by Crippen LogP contribution is -2.25. The van der Waals surface area contributed by atoms with E-state index >= 15 is 0 Å². The molecule has 0 saturated heterocycles. The molecular weight excluding hydrogens is 337 g/mol. The minimum Gasteiger partial charge on any atom is -0.481 e. The summed E-state index contributed by atoms with van der Waals surface area (Å²) in [6.07, 6.45) is 1.79. The fourth-order valence-electron chi connectivity index (χ4n) is 2.84. The van der Waals surface area contributed by atoms with Gasteiger partial charge in [-0.25, -0.2) is 4.39 Å². The number of aliphatic carboxylic acids is 1. The molecule has 0 unspecified atom stereocenters. The normalized spacial score (nSPS) is 14.3. The Morgan fingerprint density at radius 1 is 1.31 bits per heavy atom. The molecule has 0 radical (unpaired) electrons. The van der Waals surface area contributed by atoms with Gasteiger partial charge in [0.05, 0.1) is 12.0 Å². The zero-order valence-corrected chi connectivity index (χ0v) is 15.0. The van der Waals surface area contributed by atoms with Crippen LogP contribution in [0.2, 0.25) is 0 Å². The first-order valence-corrected chi connectivity index (χ1v) is 8.57. The summed E-state index contributed by atoms with van der Waals surface area (Å²) in [4.78, 5) is 23.2. The van der Waals surface area contributed by atoms with Crippen LogP contribution in [0.5, 0.6) is 0 Å². The molecule has 1 fully saturated rings. The highest BCUT2D eigenvalue weighted by Gasteiger charge is 2.32. The number of carbonyl (C=O) groups is 2. The van der Waals surface area contributed by atoms with Gasteiger partial charge in [0.1, 0.15) is 5.82 Å². The molecule has 1 heterocycles. The zero-order chi connectivity index (χ0) is 19.1. The molecule has 7 heteroatoms. The van der Waals surface area contributed by atoms with Crippen LogP contribution in [-0.2, 0) is 16.8 Å². The lowest BCUT2D eigenvalue weighted by atomic mass is 10.1. The molecule has 1 aromatic carbocycles. The average molecular weight is 359 g/mol. The highest BCUT2D eigenvalue weighted by Crippen LogP contribution is 2.41. The van der Waals surface area contributed by atoms with Gasteiger partial charge >= 0.3 is 5.97 Å². The summed E-state index contributed by atoms with van der Waals surface area (Å²) in [6.45, 7) is 6.10. The van der Waals surface area contributed by atoms with Crippen molar-refractivity contribution in [3.63, 3.8) is 0 Å². The smallest absolute Gasteiger partial charge is 0.307 e. The van der Waals surface area contributed by atoms with Crippen LogP contribution in [-0.4, -0.2) is 26.8 Å². The number of nitrogens with zero attached hydrogens (tertiary/aromatic N) is 2. The lowest BCUT2D eigenvalue weighted by Gasteiger charge is -2.22. The second kappa shape index (κ2) is 6.55. The summed E-state index contributed by atoms with van der Waals surface area (Å²) in [6, 6.07) is 5.77. The predicted molar refractivity (Wildman–Crippen MR) is 94.9 cm³/mol. The molecule has 2 aromatic rings. The highest BCUT2D eigenvalue weighted by molar-refractivity contribution is 6.03. The molecule has 1 saturated carbocycles. The topological polar surface area (TPSA) is 84.2 Å². The Balaban J connectivity index is 1.80. The van der Waals surface area contributed by atoms with Gasteiger partial charge in [0.15, 0.2) is 5.69 Å². The molecule has 6 nitrogen and oxygen atoms in total. The first-order chi connectivity index (χ1) is 12.1. The number of benzene rings is 1. The summed E-state index contributed by atoms with van der Waals surface area (Å²) in [5.74, 6) is -1.75. The summed E-state index contributed by atoms with van der Waals surface area (Å²) in [5, 5.41) is 15.8. The number of carboxylic acids is 1. The molecule has 1 aliphatic rings. The van der Waals surface area contributed by atoms with E-state index in [2.05, 4.69) is 10.4 Å². The van der Waals surface area contributed by atoms with Crippen molar-refractivity contribution in [2.75, 3.05) is 5.32 Å². The van der Waals surface area contributed by atoms with Gasteiger partial charge in [-0.05, 0) is 57.4 Å². The molecule has 1 aliphatic carbocycles. The molecule has 0 bridgehead atoms. The predicted octanol–water partition coefficient (Wildman–Crippen LogP) is 3.53. The fourth-order valence-corrected chi connectivity index (χ4v) is 2.84. The molecule has 26 heavy (non-hydrogen) atoms. The number of carbonyl (C=O) groups excluding carboxylic acids is 1. The number of rotatable bonds is 5. The molecule has 0 spiro atoms. The van der Waals surface area contributed by atoms with Crippen LogP contribution in [0, 0.1) is 5.82 Å². The number of carboxylic acid groups (broad SMARTS) is 1. The van der Waals surface area contributed by atoms with Crippen LogP contribution < -0.4 is 5.32 Å². The Kier molecular flexibility index (Phi) is 4.56. The van der Waals surface area contributed by atoms with E-state index in [1.807, 2.05) is 25.5 Å². The number of hydrogen-bond acceptors (Lipinski definition) is 3. The zero-order valence-electron chi connectivity index (χ0n) is 15.0. The van der Waals surface area contributed by atoms with Gasteiger partial charge in [0, 0.05) is 17.3 Å². The molecule has 0 aliphatic heterocycles. The van der Waals surface area contributed by atoms with E-state index in [1.165, 1.54) is 12.1 Å². The third-order valence-electron chi connectivity index (χ3n) is 4.25. The SMILES string of the molecule is CC(C)(C)n1nc(C(=O)Nc2ccc(CC(=O)O)c(F)c2)cc1C1CC1. The van der Waals surface area contributed by atoms with Gasteiger partial charge in [0.25, 0.3) is 5.91 Å². The van der Waals surface area contributed by atoms with Gasteiger partial charge in [-0.3, -0.25) is 14.3 Å². The Hall–Kier alpha value is -2.70. The van der Waals surface area contributed by atoms with E-state index in [0.29, 0.717) is 5.92 Å². The van der Waals surface area contributed by atoms with Crippen LogP contribution in [0.15, 0.2) is 24.3 Å². The van der Waals surface area contributed by atoms with E-state index < -0.39 is 24.1 Å². The molecule has 0 atom stereocenters. The van der Waals surface area contributed by atoms with Crippen molar-refractivity contribution in [3.8, 4) is 0 Å². The summed E-state index contributed by atoms with van der Waals surface area (Å²) in [7, 11) is 0. The van der Waals surface area contributed by atoms with E-state index in [-0.39, 0.29) is 22.5 Å². The number of nitrogens with one attached hydrogen (secondary N) is 1. The molecule has 2 N–H and O–H groups in total. The number of aromatic nitrogens is 2. The first-order valence-electron chi connectivity index (χ1n) is 8.57. The first kappa shape index (κ1) is 18.1.